The Labute approximate surface area is 145 Å². The number of carbonyl (C=O) groups is 1. The van der Waals surface area contributed by atoms with Crippen molar-refractivity contribution >= 4 is 16.9 Å². The van der Waals surface area contributed by atoms with Gasteiger partial charge >= 0.3 is 0 Å². The number of rotatable bonds is 6. The summed E-state index contributed by atoms with van der Waals surface area (Å²) in [7, 11) is 4.99. The van der Waals surface area contributed by atoms with Crippen LogP contribution in [0, 0.1) is 0 Å². The van der Waals surface area contributed by atoms with E-state index in [4.69, 9.17) is 9.47 Å². The van der Waals surface area contributed by atoms with Crippen LogP contribution in [0.3, 0.4) is 0 Å². The van der Waals surface area contributed by atoms with E-state index in [0.717, 1.165) is 17.0 Å². The summed E-state index contributed by atoms with van der Waals surface area (Å²) in [5.74, 6) is 0.503. The summed E-state index contributed by atoms with van der Waals surface area (Å²) in [5.41, 5.74) is 2.64. The van der Waals surface area contributed by atoms with E-state index < -0.39 is 0 Å². The molecule has 0 spiro atoms. The summed E-state index contributed by atoms with van der Waals surface area (Å²) in [6.45, 7) is 0.882. The van der Waals surface area contributed by atoms with Crippen LogP contribution in [0.15, 0.2) is 36.4 Å². The molecule has 3 rings (SSSR count). The van der Waals surface area contributed by atoms with E-state index in [1.165, 1.54) is 0 Å². The summed E-state index contributed by atoms with van der Waals surface area (Å²) in [5, 5.41) is 7.80. The maximum absolute atomic E-state index is 12.3. The van der Waals surface area contributed by atoms with Crippen molar-refractivity contribution in [3.8, 4) is 17.0 Å². The zero-order chi connectivity index (χ0) is 17.8. The number of amides is 1. The normalized spacial score (nSPS) is 10.8. The number of fused-ring (bicyclic) bond motifs is 1. The summed E-state index contributed by atoms with van der Waals surface area (Å²) in [6, 6.07) is 11.4. The van der Waals surface area contributed by atoms with Gasteiger partial charge in [0.25, 0.3) is 5.91 Å². The van der Waals surface area contributed by atoms with E-state index in [1.54, 1.807) is 25.9 Å². The van der Waals surface area contributed by atoms with Gasteiger partial charge in [0.15, 0.2) is 11.3 Å². The number of pyridine rings is 1. The Morgan fingerprint density at radius 2 is 2.00 bits per heavy atom. The number of hydrogen-bond acceptors (Lipinski definition) is 5. The summed E-state index contributed by atoms with van der Waals surface area (Å²) in [4.78, 5) is 17.0. The highest BCUT2D eigenvalue weighted by Crippen LogP contribution is 2.29. The second-order valence-corrected chi connectivity index (χ2v) is 5.49. The van der Waals surface area contributed by atoms with Crippen LogP contribution in [0.1, 0.15) is 10.5 Å². The van der Waals surface area contributed by atoms with Crippen molar-refractivity contribution in [2.75, 3.05) is 27.4 Å². The first-order valence-electron chi connectivity index (χ1n) is 7.90. The maximum atomic E-state index is 12.3. The number of carbonyl (C=O) groups excluding carboxylic acids is 1. The molecule has 0 saturated heterocycles. The Bertz CT molecular complexity index is 904. The van der Waals surface area contributed by atoms with Gasteiger partial charge in [-0.1, -0.05) is 12.1 Å². The number of nitrogens with zero attached hydrogens (tertiary/aromatic N) is 3. The Morgan fingerprint density at radius 3 is 2.76 bits per heavy atom. The summed E-state index contributed by atoms with van der Waals surface area (Å²) < 4.78 is 12.0. The molecule has 1 N–H and O–H groups in total. The van der Waals surface area contributed by atoms with Crippen LogP contribution >= 0.6 is 0 Å². The number of methoxy groups -OCH3 is 2. The largest absolute Gasteiger partial charge is 0.496 e. The van der Waals surface area contributed by atoms with E-state index >= 15 is 0 Å². The fourth-order valence-corrected chi connectivity index (χ4v) is 2.66. The molecular formula is C18H20N4O3. The first kappa shape index (κ1) is 16.9. The first-order valence-corrected chi connectivity index (χ1v) is 7.90. The Balaban J connectivity index is 1.99. The Kier molecular flexibility index (Phi) is 4.95. The number of aromatic nitrogens is 3. The van der Waals surface area contributed by atoms with Crippen molar-refractivity contribution in [2.45, 2.75) is 0 Å². The summed E-state index contributed by atoms with van der Waals surface area (Å²) in [6.07, 6.45) is 0. The molecule has 0 aliphatic heterocycles. The van der Waals surface area contributed by atoms with Gasteiger partial charge in [0, 0.05) is 26.3 Å². The molecule has 7 heteroatoms. The highest BCUT2D eigenvalue weighted by atomic mass is 16.5. The number of hydrogen-bond donors (Lipinski definition) is 1. The zero-order valence-corrected chi connectivity index (χ0v) is 14.4. The fraction of sp³-hybridized carbons (Fsp3) is 0.278. The van der Waals surface area contributed by atoms with Crippen molar-refractivity contribution in [3.63, 3.8) is 0 Å². The van der Waals surface area contributed by atoms with Gasteiger partial charge in [0.05, 0.1) is 24.8 Å². The molecule has 0 aliphatic carbocycles. The molecule has 0 aliphatic rings. The lowest BCUT2D eigenvalue weighted by molar-refractivity contribution is 0.0933. The molecular weight excluding hydrogens is 320 g/mol. The Morgan fingerprint density at radius 1 is 1.20 bits per heavy atom. The predicted octanol–water partition coefficient (Wildman–Crippen LogP) is 2.02. The van der Waals surface area contributed by atoms with E-state index in [9.17, 15) is 4.79 Å². The first-order chi connectivity index (χ1) is 12.2. The van der Waals surface area contributed by atoms with Crippen LogP contribution in [0.2, 0.25) is 0 Å². The van der Waals surface area contributed by atoms with Crippen molar-refractivity contribution in [1.82, 2.24) is 20.1 Å². The molecule has 1 aromatic carbocycles. The average molecular weight is 340 g/mol. The van der Waals surface area contributed by atoms with Crippen LogP contribution < -0.4 is 10.1 Å². The molecule has 130 valence electrons. The van der Waals surface area contributed by atoms with Crippen molar-refractivity contribution < 1.29 is 14.3 Å². The second kappa shape index (κ2) is 7.31. The van der Waals surface area contributed by atoms with Crippen LogP contribution in [0.4, 0.5) is 0 Å². The highest BCUT2D eigenvalue weighted by Gasteiger charge is 2.18. The Hall–Kier alpha value is -2.93. The van der Waals surface area contributed by atoms with Gasteiger partial charge in [-0.3, -0.25) is 4.79 Å². The SMILES string of the molecule is COCCNC(=O)c1nn(C)c2nc(-c3ccccc3OC)ccc12. The zero-order valence-electron chi connectivity index (χ0n) is 14.4. The standard InChI is InChI=1S/C18H20N4O3/c1-22-17-13(16(21-22)18(23)19-10-11-24-2)8-9-14(20-17)12-6-4-5-7-15(12)25-3/h4-9H,10-11H2,1-3H3,(H,19,23). The number of aryl methyl sites for hydroxylation is 1. The van der Waals surface area contributed by atoms with E-state index in [1.807, 2.05) is 36.4 Å². The van der Waals surface area contributed by atoms with Gasteiger partial charge in [-0.15, -0.1) is 0 Å². The molecule has 2 heterocycles. The molecule has 0 radical (unpaired) electrons. The predicted molar refractivity (Wildman–Crippen MR) is 94.7 cm³/mol. The number of nitrogens with one attached hydrogen (secondary N) is 1. The smallest absolute Gasteiger partial charge is 0.272 e. The highest BCUT2D eigenvalue weighted by molar-refractivity contribution is 6.04. The van der Waals surface area contributed by atoms with Crippen molar-refractivity contribution in [3.05, 3.63) is 42.1 Å². The van der Waals surface area contributed by atoms with Gasteiger partial charge in [0.1, 0.15) is 5.75 Å². The number of benzene rings is 1. The topological polar surface area (TPSA) is 78.3 Å². The molecule has 0 saturated carbocycles. The van der Waals surface area contributed by atoms with E-state index in [2.05, 4.69) is 15.4 Å². The monoisotopic (exact) mass is 340 g/mol. The fourth-order valence-electron chi connectivity index (χ4n) is 2.66. The molecule has 0 atom stereocenters. The summed E-state index contributed by atoms with van der Waals surface area (Å²) >= 11 is 0. The minimum atomic E-state index is -0.241. The van der Waals surface area contributed by atoms with Gasteiger partial charge in [-0.25, -0.2) is 9.67 Å². The number of para-hydroxylation sites is 1. The van der Waals surface area contributed by atoms with Crippen LogP contribution in [0.5, 0.6) is 5.75 Å². The van der Waals surface area contributed by atoms with Crippen LogP contribution in [0.25, 0.3) is 22.3 Å². The lowest BCUT2D eigenvalue weighted by Gasteiger charge is -2.07. The van der Waals surface area contributed by atoms with Crippen molar-refractivity contribution in [2.24, 2.45) is 7.05 Å². The molecule has 2 aromatic heterocycles. The molecule has 7 nitrogen and oxygen atoms in total. The molecule has 0 fully saturated rings. The third-order valence-electron chi connectivity index (χ3n) is 3.88. The van der Waals surface area contributed by atoms with E-state index in [-0.39, 0.29) is 5.91 Å². The van der Waals surface area contributed by atoms with Crippen LogP contribution in [-0.2, 0) is 11.8 Å². The minimum Gasteiger partial charge on any atom is -0.496 e. The lowest BCUT2D eigenvalue weighted by Crippen LogP contribution is -2.27. The molecule has 1 amide bonds. The average Bonchev–Trinajstić information content (AvgIpc) is 2.98. The lowest BCUT2D eigenvalue weighted by atomic mass is 10.1. The minimum absolute atomic E-state index is 0.241. The van der Waals surface area contributed by atoms with Gasteiger partial charge in [-0.05, 0) is 24.3 Å². The van der Waals surface area contributed by atoms with Gasteiger partial charge in [-0.2, -0.15) is 5.10 Å². The molecule has 0 unspecified atom stereocenters. The van der Waals surface area contributed by atoms with Gasteiger partial charge in [0.2, 0.25) is 0 Å². The van der Waals surface area contributed by atoms with Gasteiger partial charge < -0.3 is 14.8 Å². The quantitative estimate of drug-likeness (QED) is 0.695. The van der Waals surface area contributed by atoms with Crippen molar-refractivity contribution in [1.29, 1.82) is 0 Å². The van der Waals surface area contributed by atoms with E-state index in [0.29, 0.717) is 29.9 Å². The van der Waals surface area contributed by atoms with Crippen LogP contribution in [-0.4, -0.2) is 48.0 Å². The third-order valence-corrected chi connectivity index (χ3v) is 3.88. The maximum Gasteiger partial charge on any atom is 0.272 e. The molecule has 0 bridgehead atoms. The molecule has 3 aromatic rings. The number of ether oxygens (including phenoxy) is 2. The second-order valence-electron chi connectivity index (χ2n) is 5.49. The molecule has 25 heavy (non-hydrogen) atoms. The third kappa shape index (κ3) is 3.32.